The van der Waals surface area contributed by atoms with E-state index in [2.05, 4.69) is 9.98 Å². The molecule has 0 spiro atoms. The molecule has 0 saturated heterocycles. The predicted octanol–water partition coefficient (Wildman–Crippen LogP) is -2.55. The van der Waals surface area contributed by atoms with Crippen molar-refractivity contribution in [2.75, 3.05) is 13.1 Å². The second-order valence-corrected chi connectivity index (χ2v) is 8.18. The topological polar surface area (TPSA) is 180 Å². The van der Waals surface area contributed by atoms with Gasteiger partial charge in [-0.25, -0.2) is 16.8 Å². The fraction of sp³-hybridized carbons (Fsp3) is 0.125. The summed E-state index contributed by atoms with van der Waals surface area (Å²) < 4.78 is 65.9. The molecule has 0 bridgehead atoms. The van der Waals surface area contributed by atoms with E-state index in [1.165, 1.54) is 12.4 Å². The monoisotopic (exact) mass is 516 g/mol. The van der Waals surface area contributed by atoms with Crippen LogP contribution in [0, 0.1) is 0 Å². The Bertz CT molecular complexity index is 1060. The van der Waals surface area contributed by atoms with Gasteiger partial charge in [0.05, 0.1) is 22.9 Å². The van der Waals surface area contributed by atoms with Crippen molar-refractivity contribution in [3.8, 4) is 11.5 Å². The minimum Gasteiger partial charge on any atom is -1.00 e. The predicted molar refractivity (Wildman–Crippen MR) is 97.1 cm³/mol. The molecule has 0 fully saturated rings. The van der Waals surface area contributed by atoms with Crippen LogP contribution >= 0.6 is 0 Å². The summed E-state index contributed by atoms with van der Waals surface area (Å²) in [5, 5.41) is 19.3. The van der Waals surface area contributed by atoms with Crippen molar-refractivity contribution in [3.05, 3.63) is 47.5 Å². The summed E-state index contributed by atoms with van der Waals surface area (Å²) in [6.07, 6.45) is 2.34. The average molecular weight is 517 g/mol. The molecule has 0 atom stereocenters. The van der Waals surface area contributed by atoms with Crippen LogP contribution in [-0.2, 0) is 37.3 Å². The fourth-order valence-electron chi connectivity index (χ4n) is 2.02. The van der Waals surface area contributed by atoms with E-state index in [9.17, 15) is 36.2 Å². The third kappa shape index (κ3) is 8.03. The molecule has 14 heteroatoms. The molecule has 0 saturated carbocycles. The quantitative estimate of drug-likeness (QED) is 0.174. The molecule has 0 radical (unpaired) electrons. The van der Waals surface area contributed by atoms with Crippen molar-refractivity contribution in [1.82, 2.24) is 0 Å². The van der Waals surface area contributed by atoms with Gasteiger partial charge in [0.2, 0.25) is 0 Å². The van der Waals surface area contributed by atoms with Gasteiger partial charge in [-0.05, 0) is 36.4 Å². The third-order valence-electron chi connectivity index (χ3n) is 3.39. The summed E-state index contributed by atoms with van der Waals surface area (Å²) in [6.45, 7) is 0.204. The number of aromatic hydroxyl groups is 2. The summed E-state index contributed by atoms with van der Waals surface area (Å²) in [5.41, 5.74) is 0.0683. The van der Waals surface area contributed by atoms with Crippen LogP contribution in [0.15, 0.2) is 56.2 Å². The molecular formula is C16H14ClMnN2O8S2. The molecule has 0 heterocycles. The molecule has 0 aliphatic heterocycles. The zero-order chi connectivity index (χ0) is 20.9. The molecule has 0 aromatic heterocycles. The summed E-state index contributed by atoms with van der Waals surface area (Å²) in [7, 11) is -9.33. The first-order valence-corrected chi connectivity index (χ1v) is 10.4. The van der Waals surface area contributed by atoms with Crippen LogP contribution < -0.4 is 12.4 Å². The second-order valence-electron chi connectivity index (χ2n) is 5.42. The normalized spacial score (nSPS) is 11.9. The van der Waals surface area contributed by atoms with E-state index >= 15 is 0 Å². The number of hydrogen-bond donors (Lipinski definition) is 2. The van der Waals surface area contributed by atoms with Crippen molar-refractivity contribution in [3.63, 3.8) is 0 Å². The van der Waals surface area contributed by atoms with Gasteiger partial charge in [0.15, 0.2) is 0 Å². The van der Waals surface area contributed by atoms with Crippen LogP contribution in [0.25, 0.3) is 0 Å². The van der Waals surface area contributed by atoms with E-state index in [4.69, 9.17) is 0 Å². The molecule has 0 unspecified atom stereocenters. The molecule has 0 amide bonds. The molecular weight excluding hydrogens is 503 g/mol. The zero-order valence-electron chi connectivity index (χ0n) is 14.8. The molecule has 162 valence electrons. The summed E-state index contributed by atoms with van der Waals surface area (Å²) in [5.74, 6) is -0.527. The number of phenolic OH excluding ortho intramolecular Hbond substituents is 2. The largest absolute Gasteiger partial charge is 3.00 e. The summed E-state index contributed by atoms with van der Waals surface area (Å²) in [4.78, 5) is 6.85. The molecule has 2 aromatic rings. The van der Waals surface area contributed by atoms with Crippen LogP contribution in [0.3, 0.4) is 0 Å². The number of halogens is 1. The number of hydrogen-bond acceptors (Lipinski definition) is 10. The van der Waals surface area contributed by atoms with Crippen LogP contribution in [-0.4, -0.2) is 61.7 Å². The summed E-state index contributed by atoms with van der Waals surface area (Å²) in [6, 6.07) is 6.03. The van der Waals surface area contributed by atoms with Gasteiger partial charge in [-0.15, -0.1) is 0 Å². The number of nitrogens with zero attached hydrogens (tertiary/aromatic N) is 2. The van der Waals surface area contributed by atoms with Crippen molar-refractivity contribution >= 4 is 32.7 Å². The standard InChI is InChI=1S/C16H16N2O8S2.ClH.Mn/c19-15-3-1-13(27(21,22)23)7-11(15)9-17-5-6-18-10-12-8-14(28(24,25)26)2-4-16(12)20;;/h1-4,7-10,19-20H,5-6H2,(H,21,22,23)(H,24,25,26);1H;/q;;+3/p-3. The molecule has 10 nitrogen and oxygen atoms in total. The van der Waals surface area contributed by atoms with Gasteiger partial charge in [-0.2, -0.15) is 0 Å². The smallest absolute Gasteiger partial charge is 1.00 e. The fourth-order valence-corrected chi connectivity index (χ4v) is 3.04. The number of benzene rings is 2. The first-order chi connectivity index (χ1) is 13.0. The van der Waals surface area contributed by atoms with E-state index in [1.54, 1.807) is 0 Å². The Kier molecular flexibility index (Phi) is 10.7. The van der Waals surface area contributed by atoms with Crippen molar-refractivity contribution in [2.45, 2.75) is 9.79 Å². The van der Waals surface area contributed by atoms with Crippen LogP contribution in [0.4, 0.5) is 0 Å². The molecule has 0 aliphatic carbocycles. The number of aliphatic imine (C=N–C) groups is 2. The first kappa shape index (κ1) is 28.0. The maximum Gasteiger partial charge on any atom is 3.00 e. The van der Waals surface area contributed by atoms with E-state index < -0.39 is 30.0 Å². The Morgan fingerprint density at radius 3 is 1.40 bits per heavy atom. The van der Waals surface area contributed by atoms with E-state index in [1.807, 2.05) is 0 Å². The number of rotatable bonds is 7. The summed E-state index contributed by atoms with van der Waals surface area (Å²) >= 11 is 0. The van der Waals surface area contributed by atoms with E-state index in [-0.39, 0.29) is 65.2 Å². The second kappa shape index (κ2) is 11.4. The number of phenols is 2. The zero-order valence-corrected chi connectivity index (χ0v) is 18.4. The maximum atomic E-state index is 11.0. The minimum absolute atomic E-state index is 0. The Hall–Kier alpha value is -1.99. The van der Waals surface area contributed by atoms with Crippen molar-refractivity contribution < 1.29 is 65.6 Å². The van der Waals surface area contributed by atoms with Crippen LogP contribution in [0.2, 0.25) is 0 Å². The SMILES string of the molecule is O=S(=O)([O-])c1ccc(O)c(C=NCCN=Cc2cc(S(=O)(=O)[O-])ccc2O)c1.[Cl-].[Mn+3]. The van der Waals surface area contributed by atoms with E-state index in [0.29, 0.717) is 0 Å². The Morgan fingerprint density at radius 1 is 0.767 bits per heavy atom. The maximum absolute atomic E-state index is 11.0. The van der Waals surface area contributed by atoms with Gasteiger partial charge in [0.1, 0.15) is 31.7 Å². The first-order valence-electron chi connectivity index (χ1n) is 7.56. The van der Waals surface area contributed by atoms with Gasteiger partial charge >= 0.3 is 17.1 Å². The van der Waals surface area contributed by atoms with Crippen LogP contribution in [0.1, 0.15) is 11.1 Å². The van der Waals surface area contributed by atoms with Gasteiger partial charge in [-0.1, -0.05) is 0 Å². The average Bonchev–Trinajstić information content (AvgIpc) is 2.58. The van der Waals surface area contributed by atoms with Gasteiger partial charge in [0.25, 0.3) is 0 Å². The van der Waals surface area contributed by atoms with Crippen LogP contribution in [0.5, 0.6) is 11.5 Å². The van der Waals surface area contributed by atoms with Crippen molar-refractivity contribution in [2.24, 2.45) is 9.98 Å². The molecule has 2 rings (SSSR count). The Labute approximate surface area is 189 Å². The van der Waals surface area contributed by atoms with Gasteiger partial charge in [0, 0.05) is 23.6 Å². The Balaban J connectivity index is 0.00000420. The van der Waals surface area contributed by atoms with Crippen molar-refractivity contribution in [1.29, 1.82) is 0 Å². The molecule has 30 heavy (non-hydrogen) atoms. The third-order valence-corrected chi connectivity index (χ3v) is 5.06. The molecule has 2 aromatic carbocycles. The van der Waals surface area contributed by atoms with Gasteiger partial charge < -0.3 is 31.7 Å². The van der Waals surface area contributed by atoms with Gasteiger partial charge in [-0.3, -0.25) is 9.98 Å². The molecule has 0 aliphatic rings. The Morgan fingerprint density at radius 2 is 1.10 bits per heavy atom. The minimum atomic E-state index is -4.67. The molecule has 2 N–H and O–H groups in total. The van der Waals surface area contributed by atoms with E-state index in [0.717, 1.165) is 36.4 Å².